The normalized spacial score (nSPS) is 10.3. The van der Waals surface area contributed by atoms with Gasteiger partial charge in [-0.05, 0) is 36.4 Å². The highest BCUT2D eigenvalue weighted by molar-refractivity contribution is 6.37. The number of hydrogen-bond acceptors (Lipinski definition) is 4. The molecule has 1 amide bonds. The summed E-state index contributed by atoms with van der Waals surface area (Å²) in [6, 6.07) is 10.0. The molecule has 0 aliphatic rings. The first-order valence-electron chi connectivity index (χ1n) is 7.11. The number of benzene rings is 2. The van der Waals surface area contributed by atoms with Crippen molar-refractivity contribution in [3.63, 3.8) is 0 Å². The number of amides is 1. The second kappa shape index (κ2) is 8.78. The minimum absolute atomic E-state index is 0.275. The van der Waals surface area contributed by atoms with Crippen LogP contribution in [0.3, 0.4) is 0 Å². The zero-order valence-electron chi connectivity index (χ0n) is 13.3. The van der Waals surface area contributed by atoms with Crippen molar-refractivity contribution in [3.8, 4) is 11.5 Å². The Labute approximate surface area is 150 Å². The van der Waals surface area contributed by atoms with Gasteiger partial charge in [0.15, 0.2) is 5.75 Å². The van der Waals surface area contributed by atoms with Gasteiger partial charge in [0.05, 0.1) is 23.8 Å². The van der Waals surface area contributed by atoms with Gasteiger partial charge in [0.25, 0.3) is 5.91 Å². The summed E-state index contributed by atoms with van der Waals surface area (Å²) in [5.41, 5.74) is 0.966. The summed E-state index contributed by atoms with van der Waals surface area (Å²) in [5, 5.41) is 3.32. The van der Waals surface area contributed by atoms with Gasteiger partial charge in [-0.15, -0.1) is 0 Å². The number of halogens is 2. The fraction of sp³-hybridized carbons (Fsp3) is 0.235. The van der Waals surface area contributed by atoms with Crippen LogP contribution in [-0.4, -0.2) is 33.3 Å². The SMILES string of the molecule is COCCOc1ccc(NC(=O)c2cc(Cl)c(OC)c(Cl)c2)cc1. The predicted molar refractivity (Wildman–Crippen MR) is 94.8 cm³/mol. The summed E-state index contributed by atoms with van der Waals surface area (Å²) < 4.78 is 15.4. The van der Waals surface area contributed by atoms with E-state index in [1.54, 1.807) is 31.4 Å². The molecule has 0 unspecified atom stereocenters. The molecule has 24 heavy (non-hydrogen) atoms. The van der Waals surface area contributed by atoms with Crippen LogP contribution in [0.4, 0.5) is 5.69 Å². The summed E-state index contributed by atoms with van der Waals surface area (Å²) in [6.45, 7) is 0.975. The topological polar surface area (TPSA) is 56.8 Å². The smallest absolute Gasteiger partial charge is 0.255 e. The first kappa shape index (κ1) is 18.4. The number of anilines is 1. The van der Waals surface area contributed by atoms with E-state index >= 15 is 0 Å². The lowest BCUT2D eigenvalue weighted by Gasteiger charge is -2.10. The van der Waals surface area contributed by atoms with Crippen molar-refractivity contribution in [1.82, 2.24) is 0 Å². The van der Waals surface area contributed by atoms with Gasteiger partial charge in [-0.3, -0.25) is 4.79 Å². The van der Waals surface area contributed by atoms with Crippen molar-refractivity contribution in [2.75, 3.05) is 32.8 Å². The molecule has 0 saturated heterocycles. The van der Waals surface area contributed by atoms with Gasteiger partial charge < -0.3 is 19.5 Å². The third-order valence-electron chi connectivity index (χ3n) is 3.13. The van der Waals surface area contributed by atoms with Crippen LogP contribution in [0.15, 0.2) is 36.4 Å². The maximum atomic E-state index is 12.3. The van der Waals surface area contributed by atoms with E-state index in [0.717, 1.165) is 0 Å². The van der Waals surface area contributed by atoms with Crippen LogP contribution in [0, 0.1) is 0 Å². The molecule has 2 aromatic carbocycles. The first-order valence-corrected chi connectivity index (χ1v) is 7.87. The van der Waals surface area contributed by atoms with E-state index in [0.29, 0.717) is 36.0 Å². The second-order valence-electron chi connectivity index (χ2n) is 4.79. The molecule has 0 heterocycles. The number of ether oxygens (including phenoxy) is 3. The van der Waals surface area contributed by atoms with Gasteiger partial charge in [-0.25, -0.2) is 0 Å². The van der Waals surface area contributed by atoms with Gasteiger partial charge in [-0.1, -0.05) is 23.2 Å². The third kappa shape index (κ3) is 4.77. The van der Waals surface area contributed by atoms with Crippen LogP contribution in [0.5, 0.6) is 11.5 Å². The Morgan fingerprint density at radius 1 is 1.04 bits per heavy atom. The van der Waals surface area contributed by atoms with Crippen LogP contribution in [-0.2, 0) is 4.74 Å². The number of carbonyl (C=O) groups excluding carboxylic acids is 1. The van der Waals surface area contributed by atoms with Crippen molar-refractivity contribution in [3.05, 3.63) is 52.0 Å². The monoisotopic (exact) mass is 369 g/mol. The molecule has 0 spiro atoms. The number of carbonyl (C=O) groups is 1. The minimum atomic E-state index is -0.325. The van der Waals surface area contributed by atoms with Crippen LogP contribution in [0.2, 0.25) is 10.0 Å². The molecule has 2 rings (SSSR count). The van der Waals surface area contributed by atoms with E-state index in [9.17, 15) is 4.79 Å². The predicted octanol–water partition coefficient (Wildman–Crippen LogP) is 4.28. The number of rotatable bonds is 7. The number of hydrogen-bond donors (Lipinski definition) is 1. The molecule has 0 aromatic heterocycles. The average Bonchev–Trinajstić information content (AvgIpc) is 2.56. The fourth-order valence-electron chi connectivity index (χ4n) is 1.97. The van der Waals surface area contributed by atoms with Crippen molar-refractivity contribution in [2.24, 2.45) is 0 Å². The Balaban J connectivity index is 2.04. The van der Waals surface area contributed by atoms with E-state index in [1.165, 1.54) is 19.2 Å². The maximum absolute atomic E-state index is 12.3. The molecular formula is C17H17Cl2NO4. The van der Waals surface area contributed by atoms with Gasteiger partial charge in [-0.2, -0.15) is 0 Å². The zero-order valence-corrected chi connectivity index (χ0v) is 14.8. The summed E-state index contributed by atoms with van der Waals surface area (Å²) in [4.78, 5) is 12.3. The third-order valence-corrected chi connectivity index (χ3v) is 3.69. The minimum Gasteiger partial charge on any atom is -0.494 e. The van der Waals surface area contributed by atoms with Gasteiger partial charge in [0.1, 0.15) is 12.4 Å². The molecule has 0 fully saturated rings. The highest BCUT2D eigenvalue weighted by atomic mass is 35.5. The van der Waals surface area contributed by atoms with E-state index in [2.05, 4.69) is 5.32 Å². The second-order valence-corrected chi connectivity index (χ2v) is 5.61. The zero-order chi connectivity index (χ0) is 17.5. The first-order chi connectivity index (χ1) is 11.5. The Bertz CT molecular complexity index is 681. The molecular weight excluding hydrogens is 353 g/mol. The van der Waals surface area contributed by atoms with E-state index < -0.39 is 0 Å². The van der Waals surface area contributed by atoms with E-state index in [1.807, 2.05) is 0 Å². The highest BCUT2D eigenvalue weighted by Crippen LogP contribution is 2.34. The molecule has 0 saturated carbocycles. The standard InChI is InChI=1S/C17H17Cl2NO4/c1-22-7-8-24-13-5-3-12(4-6-13)20-17(21)11-9-14(18)16(23-2)15(19)10-11/h3-6,9-10H,7-8H2,1-2H3,(H,20,21). The number of methoxy groups -OCH3 is 2. The van der Waals surface area contributed by atoms with Crippen molar-refractivity contribution in [1.29, 1.82) is 0 Å². The van der Waals surface area contributed by atoms with Crippen LogP contribution in [0.1, 0.15) is 10.4 Å². The molecule has 0 aliphatic heterocycles. The molecule has 0 atom stereocenters. The van der Waals surface area contributed by atoms with E-state index in [4.69, 9.17) is 37.4 Å². The van der Waals surface area contributed by atoms with Crippen molar-refractivity contribution in [2.45, 2.75) is 0 Å². The quantitative estimate of drug-likeness (QED) is 0.740. The summed E-state index contributed by atoms with van der Waals surface area (Å²) >= 11 is 12.1. The van der Waals surface area contributed by atoms with Crippen LogP contribution >= 0.6 is 23.2 Å². The molecule has 7 heteroatoms. The van der Waals surface area contributed by atoms with Gasteiger partial charge in [0.2, 0.25) is 0 Å². The molecule has 2 aromatic rings. The number of nitrogens with one attached hydrogen (secondary N) is 1. The fourth-order valence-corrected chi connectivity index (χ4v) is 2.61. The molecule has 0 radical (unpaired) electrons. The Hall–Kier alpha value is -1.95. The van der Waals surface area contributed by atoms with Crippen molar-refractivity contribution < 1.29 is 19.0 Å². The molecule has 5 nitrogen and oxygen atoms in total. The Kier molecular flexibility index (Phi) is 6.73. The van der Waals surface area contributed by atoms with Crippen LogP contribution < -0.4 is 14.8 Å². The Morgan fingerprint density at radius 3 is 2.21 bits per heavy atom. The summed E-state index contributed by atoms with van der Waals surface area (Å²) in [6.07, 6.45) is 0. The van der Waals surface area contributed by atoms with Crippen LogP contribution in [0.25, 0.3) is 0 Å². The lowest BCUT2D eigenvalue weighted by molar-refractivity contribution is 0.102. The molecule has 0 bridgehead atoms. The lowest BCUT2D eigenvalue weighted by Crippen LogP contribution is -2.12. The maximum Gasteiger partial charge on any atom is 0.255 e. The van der Waals surface area contributed by atoms with Gasteiger partial charge >= 0.3 is 0 Å². The average molecular weight is 370 g/mol. The van der Waals surface area contributed by atoms with Crippen molar-refractivity contribution >= 4 is 34.8 Å². The van der Waals surface area contributed by atoms with E-state index in [-0.39, 0.29) is 16.0 Å². The molecule has 1 N–H and O–H groups in total. The highest BCUT2D eigenvalue weighted by Gasteiger charge is 2.13. The summed E-state index contributed by atoms with van der Waals surface area (Å²) in [7, 11) is 3.07. The molecule has 0 aliphatic carbocycles. The largest absolute Gasteiger partial charge is 0.494 e. The molecule has 128 valence electrons. The summed E-state index contributed by atoms with van der Waals surface area (Å²) in [5.74, 6) is 0.711. The lowest BCUT2D eigenvalue weighted by atomic mass is 10.2. The Morgan fingerprint density at radius 2 is 1.67 bits per heavy atom. The van der Waals surface area contributed by atoms with Gasteiger partial charge in [0, 0.05) is 18.4 Å².